The first-order valence-electron chi connectivity index (χ1n) is 9.62. The molecule has 2 aromatic rings. The molecule has 0 radical (unpaired) electrons. The van der Waals surface area contributed by atoms with E-state index in [4.69, 9.17) is 4.74 Å². The molecule has 1 amide bonds. The second-order valence-electron chi connectivity index (χ2n) is 8.38. The van der Waals surface area contributed by atoms with Gasteiger partial charge in [0.05, 0.1) is 18.2 Å². The summed E-state index contributed by atoms with van der Waals surface area (Å²) in [6, 6.07) is 5.16. The molecule has 28 heavy (non-hydrogen) atoms. The van der Waals surface area contributed by atoms with E-state index in [1.54, 1.807) is 34.0 Å². The minimum Gasteiger partial charge on any atom is -0.444 e. The van der Waals surface area contributed by atoms with Crippen LogP contribution in [0.5, 0.6) is 0 Å². The number of carbonyl (C=O) groups is 1. The Morgan fingerprint density at radius 3 is 2.61 bits per heavy atom. The maximum Gasteiger partial charge on any atom is 0.489 e. The average Bonchev–Trinajstić information content (AvgIpc) is 3.02. The van der Waals surface area contributed by atoms with Crippen molar-refractivity contribution >= 4 is 29.6 Å². The molecule has 1 unspecified atom stereocenters. The molecule has 1 aromatic carbocycles. The molecule has 3 rings (SSSR count). The molecule has 0 aliphatic carbocycles. The topological polar surface area (TPSA) is 108 Å². The fraction of sp³-hybridized carbons (Fsp3) is 0.579. The number of piperidine rings is 1. The number of fused-ring (bicyclic) bond motifs is 1. The summed E-state index contributed by atoms with van der Waals surface area (Å²) < 4.78 is 7.04. The van der Waals surface area contributed by atoms with Crippen LogP contribution in [0.2, 0.25) is 0 Å². The van der Waals surface area contributed by atoms with Gasteiger partial charge < -0.3 is 24.8 Å². The molecule has 0 bridgehead atoms. The molecule has 1 atom stereocenters. The van der Waals surface area contributed by atoms with Crippen LogP contribution >= 0.6 is 0 Å². The van der Waals surface area contributed by atoms with Crippen molar-refractivity contribution < 1.29 is 24.7 Å². The van der Waals surface area contributed by atoms with Crippen molar-refractivity contribution in [1.82, 2.24) is 14.7 Å². The Kier molecular flexibility index (Phi) is 5.97. The van der Waals surface area contributed by atoms with Crippen LogP contribution in [-0.4, -0.2) is 67.8 Å². The normalized spacial score (nSPS) is 17.0. The van der Waals surface area contributed by atoms with Crippen molar-refractivity contribution in [3.05, 3.63) is 24.4 Å². The third kappa shape index (κ3) is 4.84. The number of likely N-dealkylation sites (tertiary alicyclic amines) is 1. The van der Waals surface area contributed by atoms with Gasteiger partial charge in [0.2, 0.25) is 0 Å². The van der Waals surface area contributed by atoms with Crippen LogP contribution < -0.4 is 5.46 Å². The molecule has 0 spiro atoms. The lowest BCUT2D eigenvalue weighted by Gasteiger charge is -2.35. The number of carbonyl (C=O) groups excluding carboxylic acids is 1. The lowest BCUT2D eigenvalue weighted by Crippen LogP contribution is -2.44. The summed E-state index contributed by atoms with van der Waals surface area (Å²) >= 11 is 0. The highest BCUT2D eigenvalue weighted by atomic mass is 16.6. The molecular formula is C19H28BN3O5. The van der Waals surface area contributed by atoms with Gasteiger partial charge in [-0.05, 0) is 51.1 Å². The van der Waals surface area contributed by atoms with Crippen molar-refractivity contribution in [3.8, 4) is 0 Å². The van der Waals surface area contributed by atoms with Crippen molar-refractivity contribution in [2.24, 2.45) is 5.92 Å². The molecule has 2 heterocycles. The van der Waals surface area contributed by atoms with E-state index in [2.05, 4.69) is 5.10 Å². The molecule has 1 aliphatic heterocycles. The number of hydrogen-bond donors (Lipinski definition) is 3. The fourth-order valence-electron chi connectivity index (χ4n) is 3.57. The van der Waals surface area contributed by atoms with E-state index >= 15 is 0 Å². The number of aromatic nitrogens is 2. The average molecular weight is 389 g/mol. The Balaban J connectivity index is 1.59. The van der Waals surface area contributed by atoms with Gasteiger partial charge in [-0.1, -0.05) is 12.1 Å². The minimum atomic E-state index is -1.57. The van der Waals surface area contributed by atoms with Gasteiger partial charge >= 0.3 is 13.2 Å². The van der Waals surface area contributed by atoms with Crippen LogP contribution in [0.4, 0.5) is 4.79 Å². The summed E-state index contributed by atoms with van der Waals surface area (Å²) in [5, 5.41) is 34.7. The number of aliphatic hydroxyl groups excluding tert-OH is 1. The summed E-state index contributed by atoms with van der Waals surface area (Å²) in [4.78, 5) is 13.8. The zero-order valence-corrected chi connectivity index (χ0v) is 16.6. The number of nitrogens with zero attached hydrogens (tertiary/aromatic N) is 3. The first kappa shape index (κ1) is 20.6. The molecule has 152 valence electrons. The molecular weight excluding hydrogens is 361 g/mol. The van der Waals surface area contributed by atoms with E-state index in [1.165, 1.54) is 0 Å². The van der Waals surface area contributed by atoms with Gasteiger partial charge in [0.1, 0.15) is 5.60 Å². The highest BCUT2D eigenvalue weighted by Gasteiger charge is 2.30. The molecule has 1 saturated heterocycles. The van der Waals surface area contributed by atoms with Crippen molar-refractivity contribution in [2.45, 2.75) is 51.9 Å². The number of benzene rings is 1. The largest absolute Gasteiger partial charge is 0.489 e. The monoisotopic (exact) mass is 389 g/mol. The second-order valence-corrected chi connectivity index (χ2v) is 8.38. The standard InChI is InChI=1S/C19H28BN3O5/c1-19(2,3)28-18(25)22-9-7-13(8-10-22)17(24)12-23-11-14-15(20(26)27)5-4-6-16(14)21-23/h4-6,11,13,17,24,26-27H,7-10,12H2,1-3H3. The van der Waals surface area contributed by atoms with Crippen LogP contribution in [0.25, 0.3) is 10.9 Å². The highest BCUT2D eigenvalue weighted by Crippen LogP contribution is 2.23. The number of amides is 1. The van der Waals surface area contributed by atoms with Crippen molar-refractivity contribution in [1.29, 1.82) is 0 Å². The zero-order chi connectivity index (χ0) is 20.5. The highest BCUT2D eigenvalue weighted by molar-refractivity contribution is 6.61. The van der Waals surface area contributed by atoms with E-state index in [0.717, 1.165) is 0 Å². The maximum atomic E-state index is 12.2. The van der Waals surface area contributed by atoms with E-state index < -0.39 is 18.8 Å². The molecule has 8 nitrogen and oxygen atoms in total. The minimum absolute atomic E-state index is 0.0638. The number of aliphatic hydroxyl groups is 1. The van der Waals surface area contributed by atoms with Crippen LogP contribution in [0.3, 0.4) is 0 Å². The van der Waals surface area contributed by atoms with Crippen LogP contribution in [0.1, 0.15) is 33.6 Å². The first-order chi connectivity index (χ1) is 13.1. The molecule has 1 aromatic heterocycles. The van der Waals surface area contributed by atoms with E-state index in [1.807, 2.05) is 20.8 Å². The zero-order valence-electron chi connectivity index (χ0n) is 16.6. The summed E-state index contributed by atoms with van der Waals surface area (Å²) in [7, 11) is -1.57. The van der Waals surface area contributed by atoms with Gasteiger partial charge in [0, 0.05) is 24.7 Å². The number of ether oxygens (including phenoxy) is 1. The Hall–Kier alpha value is -2.10. The quantitative estimate of drug-likeness (QED) is 0.666. The van der Waals surface area contributed by atoms with Crippen LogP contribution in [0.15, 0.2) is 24.4 Å². The summed E-state index contributed by atoms with van der Waals surface area (Å²) in [6.07, 6.45) is 2.21. The summed E-state index contributed by atoms with van der Waals surface area (Å²) in [5.74, 6) is 0.0638. The van der Waals surface area contributed by atoms with Crippen molar-refractivity contribution in [2.75, 3.05) is 13.1 Å². The summed E-state index contributed by atoms with van der Waals surface area (Å²) in [6.45, 7) is 6.95. The van der Waals surface area contributed by atoms with Gasteiger partial charge in [-0.2, -0.15) is 5.10 Å². The smallest absolute Gasteiger partial charge is 0.444 e. The maximum absolute atomic E-state index is 12.2. The van der Waals surface area contributed by atoms with E-state index in [9.17, 15) is 19.9 Å². The Morgan fingerprint density at radius 2 is 2.00 bits per heavy atom. The predicted octanol–water partition coefficient (Wildman–Crippen LogP) is 0.724. The fourth-order valence-corrected chi connectivity index (χ4v) is 3.57. The van der Waals surface area contributed by atoms with Crippen LogP contribution in [0, 0.1) is 5.92 Å². The second kappa shape index (κ2) is 8.10. The lowest BCUT2D eigenvalue weighted by molar-refractivity contribution is 0.00514. The molecule has 1 aliphatic rings. The van der Waals surface area contributed by atoms with Crippen molar-refractivity contribution in [3.63, 3.8) is 0 Å². The van der Waals surface area contributed by atoms with Gasteiger partial charge in [-0.3, -0.25) is 4.68 Å². The van der Waals surface area contributed by atoms with Gasteiger partial charge in [-0.15, -0.1) is 0 Å². The number of rotatable bonds is 4. The Bertz CT molecular complexity index is 825. The Morgan fingerprint density at radius 1 is 1.32 bits per heavy atom. The lowest BCUT2D eigenvalue weighted by atomic mass is 9.78. The Labute approximate surface area is 164 Å². The van der Waals surface area contributed by atoms with Gasteiger partial charge in [0.15, 0.2) is 0 Å². The van der Waals surface area contributed by atoms with Gasteiger partial charge in [0.25, 0.3) is 0 Å². The molecule has 0 saturated carbocycles. The molecule has 1 fully saturated rings. The van der Waals surface area contributed by atoms with Crippen LogP contribution in [-0.2, 0) is 11.3 Å². The van der Waals surface area contributed by atoms with Gasteiger partial charge in [-0.25, -0.2) is 4.79 Å². The molecule has 9 heteroatoms. The molecule has 3 N–H and O–H groups in total. The van der Waals surface area contributed by atoms with E-state index in [-0.39, 0.29) is 12.0 Å². The SMILES string of the molecule is CC(C)(C)OC(=O)N1CCC(C(O)Cn2cc3c(B(O)O)cccc3n2)CC1. The third-order valence-electron chi connectivity index (χ3n) is 5.02. The first-order valence-corrected chi connectivity index (χ1v) is 9.62. The van der Waals surface area contributed by atoms with E-state index in [0.29, 0.717) is 48.8 Å². The third-order valence-corrected chi connectivity index (χ3v) is 5.02. The predicted molar refractivity (Wildman–Crippen MR) is 106 cm³/mol. The summed E-state index contributed by atoms with van der Waals surface area (Å²) in [5.41, 5.74) is 0.526. The number of hydrogen-bond acceptors (Lipinski definition) is 6.